The number of aliphatic carboxylic acids is 1. The zero-order valence-corrected chi connectivity index (χ0v) is 14.0. The van der Waals surface area contributed by atoms with Crippen LogP contribution in [0.3, 0.4) is 0 Å². The average molecular weight is 293 g/mol. The molecule has 0 unspecified atom stereocenters. The van der Waals surface area contributed by atoms with Crippen LogP contribution in [0.2, 0.25) is 0 Å². The summed E-state index contributed by atoms with van der Waals surface area (Å²) < 4.78 is 0. The Bertz CT molecular complexity index is 133. The topological polar surface area (TPSA) is 132 Å². The Labute approximate surface area is 127 Å². The van der Waals surface area contributed by atoms with Gasteiger partial charge in [0.25, 0.3) is 0 Å². The van der Waals surface area contributed by atoms with E-state index in [1.54, 1.807) is 41.5 Å². The van der Waals surface area contributed by atoms with Gasteiger partial charge in [0.1, 0.15) is 0 Å². The van der Waals surface area contributed by atoms with Crippen LogP contribution in [0.1, 0.15) is 48.0 Å². The third-order valence-electron chi connectivity index (χ3n) is 0.358. The molecule has 0 aromatic carbocycles. The van der Waals surface area contributed by atoms with E-state index in [1.807, 2.05) is 0 Å². The van der Waals surface area contributed by atoms with Crippen molar-refractivity contribution in [2.45, 2.75) is 66.3 Å². The minimum absolute atomic E-state index is 0. The maximum Gasteiger partial charge on any atom is 3.00 e. The van der Waals surface area contributed by atoms with Crippen LogP contribution in [0.15, 0.2) is 0 Å². The maximum absolute atomic E-state index is 9.53. The number of hydrogen-bond donors (Lipinski definition) is 2. The molecule has 114 valence electrons. The van der Waals surface area contributed by atoms with E-state index < -0.39 is 24.3 Å². The van der Waals surface area contributed by atoms with Crippen molar-refractivity contribution in [1.82, 2.24) is 0 Å². The minimum Gasteiger partial charge on any atom is -0.852 e. The van der Waals surface area contributed by atoms with Crippen LogP contribution in [0.25, 0.3) is 0 Å². The Morgan fingerprint density at radius 1 is 0.947 bits per heavy atom. The van der Waals surface area contributed by atoms with Gasteiger partial charge in [0, 0.05) is 6.54 Å². The molecular weight excluding hydrogens is 265 g/mol. The number of carboxylic acid groups (broad SMARTS) is 1. The monoisotopic (exact) mass is 293 g/mol. The second-order valence-corrected chi connectivity index (χ2v) is 4.08. The van der Waals surface area contributed by atoms with E-state index in [1.165, 1.54) is 0 Å². The summed E-state index contributed by atoms with van der Waals surface area (Å²) in [4.78, 5) is 9.52. The van der Waals surface area contributed by atoms with Crippen LogP contribution >= 0.6 is 0 Å². The van der Waals surface area contributed by atoms with Gasteiger partial charge in [-0.2, -0.15) is 0 Å². The summed E-state index contributed by atoms with van der Waals surface area (Å²) >= 11 is 0. The van der Waals surface area contributed by atoms with E-state index in [4.69, 9.17) is 10.8 Å². The molecular formula is C12H28AlNO5. The molecule has 0 amide bonds. The summed E-state index contributed by atoms with van der Waals surface area (Å²) in [5, 5.41) is 36.4. The SMILES string of the molecule is CC(C)[O-].CC(C)[O-].CC(C)[O-].NCCC(=O)O.[Al+3]. The van der Waals surface area contributed by atoms with Gasteiger partial charge in [0.05, 0.1) is 6.42 Å². The van der Waals surface area contributed by atoms with Crippen LogP contribution in [-0.4, -0.2) is 53.3 Å². The second kappa shape index (κ2) is 26.4. The number of carbonyl (C=O) groups is 1. The van der Waals surface area contributed by atoms with E-state index in [-0.39, 0.29) is 30.3 Å². The molecule has 0 saturated heterocycles. The first-order chi connectivity index (χ1) is 7.97. The normalized spacial score (nSPS) is 8.26. The molecule has 0 saturated carbocycles. The second-order valence-electron chi connectivity index (χ2n) is 4.08. The average Bonchev–Trinajstić information content (AvgIpc) is 1.98. The minimum atomic E-state index is -0.836. The van der Waals surface area contributed by atoms with Crippen molar-refractivity contribution in [3.63, 3.8) is 0 Å². The number of nitrogens with two attached hydrogens (primary N) is 1. The van der Waals surface area contributed by atoms with Gasteiger partial charge < -0.3 is 26.2 Å². The number of rotatable bonds is 2. The van der Waals surface area contributed by atoms with Gasteiger partial charge in [-0.1, -0.05) is 41.5 Å². The molecule has 19 heavy (non-hydrogen) atoms. The molecule has 0 aromatic heterocycles. The third kappa shape index (κ3) is 554. The van der Waals surface area contributed by atoms with Crippen LogP contribution < -0.4 is 21.1 Å². The molecule has 3 N–H and O–H groups in total. The largest absolute Gasteiger partial charge is 3.00 e. The summed E-state index contributed by atoms with van der Waals surface area (Å²) in [6, 6.07) is 0. The number of hydrogen-bond acceptors (Lipinski definition) is 5. The smallest absolute Gasteiger partial charge is 0.852 e. The summed E-state index contributed by atoms with van der Waals surface area (Å²) in [6.07, 6.45) is -1.18. The first-order valence-corrected chi connectivity index (χ1v) is 5.86. The van der Waals surface area contributed by atoms with Gasteiger partial charge in [-0.25, -0.2) is 0 Å². The van der Waals surface area contributed by atoms with Gasteiger partial charge in [-0.15, -0.1) is 18.3 Å². The Kier molecular flexibility index (Phi) is 43.5. The van der Waals surface area contributed by atoms with Crippen molar-refractivity contribution < 1.29 is 25.2 Å². The van der Waals surface area contributed by atoms with Crippen molar-refractivity contribution in [2.75, 3.05) is 6.54 Å². The van der Waals surface area contributed by atoms with Crippen LogP contribution in [0, 0.1) is 0 Å². The fourth-order valence-corrected chi connectivity index (χ4v) is 0.123. The van der Waals surface area contributed by atoms with Crippen molar-refractivity contribution in [3.8, 4) is 0 Å². The van der Waals surface area contributed by atoms with Gasteiger partial charge in [0.2, 0.25) is 0 Å². The quantitative estimate of drug-likeness (QED) is 0.583. The third-order valence-corrected chi connectivity index (χ3v) is 0.358. The molecule has 0 fully saturated rings. The van der Waals surface area contributed by atoms with E-state index in [9.17, 15) is 20.1 Å². The van der Waals surface area contributed by atoms with E-state index in [0.717, 1.165) is 0 Å². The zero-order chi connectivity index (χ0) is 15.7. The Morgan fingerprint density at radius 2 is 1.11 bits per heavy atom. The zero-order valence-electron chi connectivity index (χ0n) is 12.9. The first kappa shape index (κ1) is 31.3. The molecule has 0 aliphatic heterocycles. The van der Waals surface area contributed by atoms with Crippen LogP contribution in [0.5, 0.6) is 0 Å². The summed E-state index contributed by atoms with van der Waals surface area (Å²) in [5.41, 5.74) is 4.85. The molecule has 6 nitrogen and oxygen atoms in total. The molecule has 0 spiro atoms. The predicted molar refractivity (Wildman–Crippen MR) is 72.5 cm³/mol. The van der Waals surface area contributed by atoms with Gasteiger partial charge in [0.15, 0.2) is 0 Å². The molecule has 0 radical (unpaired) electrons. The van der Waals surface area contributed by atoms with E-state index >= 15 is 0 Å². The van der Waals surface area contributed by atoms with E-state index in [2.05, 4.69) is 0 Å². The standard InChI is InChI=1S/C3H7NO2.3C3H7O.Al/c4-2-1-3(5)6;3*1-3(2)4;/h1-2,4H2,(H,5,6);3*3H,1-2H3;/q;3*-1;+3. The Balaban J connectivity index is -0.0000000459. The molecule has 0 heterocycles. The van der Waals surface area contributed by atoms with Gasteiger partial charge >= 0.3 is 23.3 Å². The van der Waals surface area contributed by atoms with Crippen molar-refractivity contribution in [3.05, 3.63) is 0 Å². The maximum atomic E-state index is 9.53. The predicted octanol–water partition coefficient (Wildman–Crippen LogP) is -1.70. The molecule has 0 rings (SSSR count). The fourth-order valence-electron chi connectivity index (χ4n) is 0.123. The van der Waals surface area contributed by atoms with Crippen LogP contribution in [0.4, 0.5) is 0 Å². The number of carboxylic acids is 1. The van der Waals surface area contributed by atoms with Gasteiger partial charge in [-0.3, -0.25) is 4.79 Å². The molecule has 0 atom stereocenters. The summed E-state index contributed by atoms with van der Waals surface area (Å²) in [7, 11) is 0. The first-order valence-electron chi connectivity index (χ1n) is 5.86. The van der Waals surface area contributed by atoms with Crippen LogP contribution in [-0.2, 0) is 4.79 Å². The Morgan fingerprint density at radius 3 is 1.11 bits per heavy atom. The van der Waals surface area contributed by atoms with Crippen molar-refractivity contribution in [2.24, 2.45) is 5.73 Å². The molecule has 0 aliphatic rings. The van der Waals surface area contributed by atoms with Gasteiger partial charge in [-0.05, 0) is 0 Å². The molecule has 0 bridgehead atoms. The molecule has 7 heteroatoms. The summed E-state index contributed by atoms with van der Waals surface area (Å²) in [5.74, 6) is -0.836. The Hall–Kier alpha value is -0.158. The van der Waals surface area contributed by atoms with Crippen molar-refractivity contribution >= 4 is 23.3 Å². The summed E-state index contributed by atoms with van der Waals surface area (Å²) in [6.45, 7) is 9.90. The van der Waals surface area contributed by atoms with Crippen molar-refractivity contribution in [1.29, 1.82) is 0 Å². The fraction of sp³-hybridized carbons (Fsp3) is 0.917. The molecule has 0 aliphatic carbocycles. The molecule has 0 aromatic rings. The van der Waals surface area contributed by atoms with E-state index in [0.29, 0.717) is 0 Å².